The highest BCUT2D eigenvalue weighted by Gasteiger charge is 2.28. The van der Waals surface area contributed by atoms with Gasteiger partial charge in [-0.05, 0) is 87.8 Å². The minimum absolute atomic E-state index is 0.276. The van der Waals surface area contributed by atoms with E-state index in [0.717, 1.165) is 59.5 Å². The minimum atomic E-state index is -0.944. The Morgan fingerprint density at radius 3 is 2.03 bits per heavy atom. The number of hydrogen-bond donors (Lipinski definition) is 1. The average molecular weight is 489 g/mol. The monoisotopic (exact) mass is 488 g/mol. The lowest BCUT2D eigenvalue weighted by Gasteiger charge is -2.31. The highest BCUT2D eigenvalue weighted by molar-refractivity contribution is 5.72. The molecule has 0 saturated carbocycles. The van der Waals surface area contributed by atoms with Gasteiger partial charge >= 0.3 is 5.97 Å². The zero-order valence-corrected chi connectivity index (χ0v) is 23.8. The third kappa shape index (κ3) is 9.03. The summed E-state index contributed by atoms with van der Waals surface area (Å²) in [5.41, 5.74) is 4.29. The molecule has 4 atom stereocenters. The van der Waals surface area contributed by atoms with E-state index in [1.165, 1.54) is 56.9 Å². The van der Waals surface area contributed by atoms with Gasteiger partial charge in [-0.15, -0.1) is 0 Å². The summed E-state index contributed by atoms with van der Waals surface area (Å²) < 4.78 is 12.3. The van der Waals surface area contributed by atoms with E-state index in [-0.39, 0.29) is 6.10 Å². The fourth-order valence-electron chi connectivity index (χ4n) is 5.43. The molecule has 35 heavy (non-hydrogen) atoms. The Balaban J connectivity index is 1.79. The molecule has 1 heterocycles. The minimum Gasteiger partial charge on any atom is -0.490 e. The Morgan fingerprint density at radius 1 is 0.886 bits per heavy atom. The Hall–Kier alpha value is -1.71. The SMILES string of the molecule is Cc1c(C)c2c(c(C)c1OC(C)C(=O)O)CC[C@@H](CCC[C@H](C)CCC[C@H](C)CCCC(C)C)O2. The molecule has 2 rings (SSSR count). The van der Waals surface area contributed by atoms with Crippen molar-refractivity contribution in [3.63, 3.8) is 0 Å². The van der Waals surface area contributed by atoms with Crippen molar-refractivity contribution in [2.75, 3.05) is 0 Å². The predicted octanol–water partition coefficient (Wildman–Crippen LogP) is 8.60. The smallest absolute Gasteiger partial charge is 0.344 e. The summed E-state index contributed by atoms with van der Waals surface area (Å²) in [6, 6.07) is 0. The molecule has 200 valence electrons. The molecule has 0 saturated heterocycles. The molecule has 0 bridgehead atoms. The lowest BCUT2D eigenvalue weighted by Crippen LogP contribution is -2.26. The third-order valence-electron chi connectivity index (χ3n) is 8.05. The maximum absolute atomic E-state index is 11.3. The van der Waals surface area contributed by atoms with Crippen molar-refractivity contribution < 1.29 is 19.4 Å². The highest BCUT2D eigenvalue weighted by Crippen LogP contribution is 2.42. The molecular formula is C31H52O4. The van der Waals surface area contributed by atoms with Crippen LogP contribution in [0.2, 0.25) is 0 Å². The van der Waals surface area contributed by atoms with Crippen LogP contribution in [0.15, 0.2) is 0 Å². The summed E-state index contributed by atoms with van der Waals surface area (Å²) in [5.74, 6) is 3.26. The maximum Gasteiger partial charge on any atom is 0.344 e. The van der Waals surface area contributed by atoms with Crippen LogP contribution in [0.5, 0.6) is 11.5 Å². The molecule has 1 N–H and O–H groups in total. The Morgan fingerprint density at radius 2 is 1.46 bits per heavy atom. The van der Waals surface area contributed by atoms with Crippen LogP contribution in [-0.4, -0.2) is 23.3 Å². The van der Waals surface area contributed by atoms with E-state index in [1.54, 1.807) is 6.92 Å². The number of hydrogen-bond acceptors (Lipinski definition) is 3. The number of carboxylic acid groups (broad SMARTS) is 1. The third-order valence-corrected chi connectivity index (χ3v) is 8.05. The fourth-order valence-corrected chi connectivity index (χ4v) is 5.43. The molecule has 0 aliphatic carbocycles. The standard InChI is InChI=1S/C31H52O4/c1-20(2)12-9-13-21(3)14-10-15-22(4)16-11-17-27-18-19-28-25(7)29(34-26(8)31(32)33)23(5)24(6)30(28)35-27/h20-22,26-27H,9-19H2,1-8H3,(H,32,33)/t21-,22-,26?,27-/m1/s1. The second kappa shape index (κ2) is 14.1. The molecule has 4 heteroatoms. The van der Waals surface area contributed by atoms with Crippen molar-refractivity contribution in [2.24, 2.45) is 17.8 Å². The average Bonchev–Trinajstić information content (AvgIpc) is 2.79. The molecule has 0 spiro atoms. The molecule has 0 radical (unpaired) electrons. The Bertz CT molecular complexity index is 813. The van der Waals surface area contributed by atoms with Crippen LogP contribution in [0, 0.1) is 38.5 Å². The van der Waals surface area contributed by atoms with E-state index < -0.39 is 12.1 Å². The molecule has 1 aliphatic heterocycles. The molecular weight excluding hydrogens is 436 g/mol. The first-order valence-corrected chi connectivity index (χ1v) is 14.2. The summed E-state index contributed by atoms with van der Waals surface area (Å²) in [5, 5.41) is 9.26. The van der Waals surface area contributed by atoms with Crippen LogP contribution in [-0.2, 0) is 11.2 Å². The van der Waals surface area contributed by atoms with Crippen molar-refractivity contribution in [3.8, 4) is 11.5 Å². The van der Waals surface area contributed by atoms with E-state index in [0.29, 0.717) is 5.75 Å². The van der Waals surface area contributed by atoms with Gasteiger partial charge < -0.3 is 14.6 Å². The maximum atomic E-state index is 11.3. The zero-order chi connectivity index (χ0) is 26.1. The van der Waals surface area contributed by atoms with Crippen LogP contribution in [0.1, 0.15) is 121 Å². The van der Waals surface area contributed by atoms with Crippen molar-refractivity contribution in [1.29, 1.82) is 0 Å². The fraction of sp³-hybridized carbons (Fsp3) is 0.774. The topological polar surface area (TPSA) is 55.8 Å². The summed E-state index contributed by atoms with van der Waals surface area (Å²) >= 11 is 0. The number of rotatable bonds is 15. The lowest BCUT2D eigenvalue weighted by atomic mass is 9.89. The molecule has 1 aromatic rings. The summed E-state index contributed by atoms with van der Waals surface area (Å²) in [6.07, 6.45) is 13.2. The van der Waals surface area contributed by atoms with Crippen molar-refractivity contribution in [3.05, 3.63) is 22.3 Å². The molecule has 4 nitrogen and oxygen atoms in total. The molecule has 0 fully saturated rings. The normalized spacial score (nSPS) is 18.0. The van der Waals surface area contributed by atoms with Crippen molar-refractivity contribution in [1.82, 2.24) is 0 Å². The second-order valence-corrected chi connectivity index (χ2v) is 11.8. The number of aliphatic carboxylic acids is 1. The van der Waals surface area contributed by atoms with Gasteiger partial charge in [0.25, 0.3) is 0 Å². The lowest BCUT2D eigenvalue weighted by molar-refractivity contribution is -0.144. The Kier molecular flexibility index (Phi) is 11.9. The summed E-state index contributed by atoms with van der Waals surface area (Å²) in [6.45, 7) is 17.2. The van der Waals surface area contributed by atoms with Gasteiger partial charge in [0.15, 0.2) is 6.10 Å². The molecule has 1 aromatic carbocycles. The quantitative estimate of drug-likeness (QED) is 0.268. The first kappa shape index (κ1) is 29.5. The van der Waals surface area contributed by atoms with E-state index in [1.807, 2.05) is 13.8 Å². The Labute approximate surface area is 215 Å². The van der Waals surface area contributed by atoms with E-state index in [9.17, 15) is 9.90 Å². The first-order valence-electron chi connectivity index (χ1n) is 14.2. The number of carbonyl (C=O) groups is 1. The largest absolute Gasteiger partial charge is 0.490 e. The number of benzene rings is 1. The number of ether oxygens (including phenoxy) is 2. The van der Waals surface area contributed by atoms with Gasteiger partial charge in [0.2, 0.25) is 0 Å². The molecule has 1 unspecified atom stereocenters. The van der Waals surface area contributed by atoms with Crippen molar-refractivity contribution in [2.45, 2.75) is 138 Å². The molecule has 0 amide bonds. The van der Waals surface area contributed by atoms with Crippen LogP contribution in [0.4, 0.5) is 0 Å². The van der Waals surface area contributed by atoms with Gasteiger partial charge in [0, 0.05) is 5.56 Å². The van der Waals surface area contributed by atoms with Gasteiger partial charge in [0.1, 0.15) is 11.5 Å². The van der Waals surface area contributed by atoms with Gasteiger partial charge in [-0.1, -0.05) is 72.6 Å². The number of carboxylic acids is 1. The van der Waals surface area contributed by atoms with Crippen LogP contribution in [0.25, 0.3) is 0 Å². The van der Waals surface area contributed by atoms with Gasteiger partial charge in [-0.3, -0.25) is 0 Å². The van der Waals surface area contributed by atoms with Crippen LogP contribution >= 0.6 is 0 Å². The van der Waals surface area contributed by atoms with E-state index in [2.05, 4.69) is 34.6 Å². The van der Waals surface area contributed by atoms with Crippen molar-refractivity contribution >= 4 is 5.97 Å². The summed E-state index contributed by atoms with van der Waals surface area (Å²) in [7, 11) is 0. The van der Waals surface area contributed by atoms with E-state index >= 15 is 0 Å². The highest BCUT2D eigenvalue weighted by atomic mass is 16.5. The number of fused-ring (bicyclic) bond motifs is 1. The second-order valence-electron chi connectivity index (χ2n) is 11.8. The molecule has 0 aromatic heterocycles. The predicted molar refractivity (Wildman–Crippen MR) is 146 cm³/mol. The summed E-state index contributed by atoms with van der Waals surface area (Å²) in [4.78, 5) is 11.3. The zero-order valence-electron chi connectivity index (χ0n) is 23.8. The first-order chi connectivity index (χ1) is 16.5. The van der Waals surface area contributed by atoms with Gasteiger partial charge in [-0.2, -0.15) is 0 Å². The van der Waals surface area contributed by atoms with Gasteiger partial charge in [0.05, 0.1) is 6.10 Å². The van der Waals surface area contributed by atoms with Crippen LogP contribution in [0.3, 0.4) is 0 Å². The van der Waals surface area contributed by atoms with Gasteiger partial charge in [-0.25, -0.2) is 4.79 Å². The molecule has 1 aliphatic rings. The van der Waals surface area contributed by atoms with Crippen LogP contribution < -0.4 is 9.47 Å². The van der Waals surface area contributed by atoms with E-state index in [4.69, 9.17) is 9.47 Å².